The Hall–Kier alpha value is -2.78. The smallest absolute Gasteiger partial charge is 0.246 e. The van der Waals surface area contributed by atoms with Crippen molar-refractivity contribution in [3.63, 3.8) is 0 Å². The van der Waals surface area contributed by atoms with Gasteiger partial charge in [-0.25, -0.2) is 13.1 Å². The SMILES string of the molecule is CSc1nn(CC(=O)Nc2cc(C)cc(C)c2)c(N)c1S(=O)(=O)c1ccccc1. The zero-order valence-corrected chi connectivity index (χ0v) is 18.0. The molecule has 0 spiro atoms. The molecule has 9 heteroatoms. The van der Waals surface area contributed by atoms with Crippen molar-refractivity contribution in [1.29, 1.82) is 0 Å². The van der Waals surface area contributed by atoms with Crippen LogP contribution in [0.5, 0.6) is 0 Å². The second-order valence-electron chi connectivity index (χ2n) is 6.62. The largest absolute Gasteiger partial charge is 0.383 e. The highest BCUT2D eigenvalue weighted by atomic mass is 32.2. The molecule has 2 aromatic carbocycles. The zero-order chi connectivity index (χ0) is 21.2. The minimum Gasteiger partial charge on any atom is -0.383 e. The van der Waals surface area contributed by atoms with E-state index in [4.69, 9.17) is 5.73 Å². The predicted molar refractivity (Wildman–Crippen MR) is 115 cm³/mol. The van der Waals surface area contributed by atoms with Crippen molar-refractivity contribution in [2.75, 3.05) is 17.3 Å². The van der Waals surface area contributed by atoms with Crippen molar-refractivity contribution >= 4 is 39.0 Å². The summed E-state index contributed by atoms with van der Waals surface area (Å²) in [5.41, 5.74) is 8.84. The number of aromatic nitrogens is 2. The maximum absolute atomic E-state index is 13.1. The van der Waals surface area contributed by atoms with E-state index < -0.39 is 9.84 Å². The molecular formula is C20H22N4O3S2. The molecule has 3 rings (SSSR count). The van der Waals surface area contributed by atoms with E-state index >= 15 is 0 Å². The Labute approximate surface area is 174 Å². The van der Waals surface area contributed by atoms with Crippen LogP contribution in [0, 0.1) is 13.8 Å². The number of nitrogens with zero attached hydrogens (tertiary/aromatic N) is 2. The molecule has 0 saturated carbocycles. The molecule has 0 fully saturated rings. The van der Waals surface area contributed by atoms with E-state index in [0.717, 1.165) is 22.9 Å². The average Bonchev–Trinajstić information content (AvgIpc) is 2.97. The van der Waals surface area contributed by atoms with E-state index in [0.29, 0.717) is 5.69 Å². The topological polar surface area (TPSA) is 107 Å². The van der Waals surface area contributed by atoms with Gasteiger partial charge in [0.05, 0.1) is 4.90 Å². The summed E-state index contributed by atoms with van der Waals surface area (Å²) in [6, 6.07) is 13.7. The summed E-state index contributed by atoms with van der Waals surface area (Å²) in [7, 11) is -3.86. The van der Waals surface area contributed by atoms with E-state index in [1.165, 1.54) is 16.8 Å². The number of hydrogen-bond acceptors (Lipinski definition) is 6. The van der Waals surface area contributed by atoms with Crippen molar-refractivity contribution in [2.24, 2.45) is 0 Å². The van der Waals surface area contributed by atoms with Gasteiger partial charge in [0.2, 0.25) is 15.7 Å². The maximum atomic E-state index is 13.1. The summed E-state index contributed by atoms with van der Waals surface area (Å²) in [5.74, 6) is -0.408. The van der Waals surface area contributed by atoms with Crippen LogP contribution in [-0.4, -0.2) is 30.4 Å². The number of sulfone groups is 1. The summed E-state index contributed by atoms with van der Waals surface area (Å²) in [4.78, 5) is 12.6. The summed E-state index contributed by atoms with van der Waals surface area (Å²) in [6.45, 7) is 3.69. The van der Waals surface area contributed by atoms with Crippen LogP contribution in [0.25, 0.3) is 0 Å². The molecule has 0 aliphatic carbocycles. The molecule has 29 heavy (non-hydrogen) atoms. The molecule has 3 aromatic rings. The second-order valence-corrected chi connectivity index (χ2v) is 9.30. The Bertz CT molecular complexity index is 1140. The first kappa shape index (κ1) is 20.9. The van der Waals surface area contributed by atoms with Gasteiger partial charge in [-0.05, 0) is 55.5 Å². The number of thioether (sulfide) groups is 1. The first-order valence-electron chi connectivity index (χ1n) is 8.81. The van der Waals surface area contributed by atoms with Gasteiger partial charge in [-0.3, -0.25) is 4.79 Å². The number of rotatable bonds is 6. The van der Waals surface area contributed by atoms with E-state index in [9.17, 15) is 13.2 Å². The van der Waals surface area contributed by atoms with Crippen LogP contribution in [0.4, 0.5) is 11.5 Å². The molecule has 0 bridgehead atoms. The number of nitrogens with one attached hydrogen (secondary N) is 1. The molecule has 0 aliphatic heterocycles. The van der Waals surface area contributed by atoms with Crippen LogP contribution in [0.3, 0.4) is 0 Å². The lowest BCUT2D eigenvalue weighted by atomic mass is 10.1. The monoisotopic (exact) mass is 430 g/mol. The molecular weight excluding hydrogens is 408 g/mol. The van der Waals surface area contributed by atoms with Crippen LogP contribution < -0.4 is 11.1 Å². The van der Waals surface area contributed by atoms with Gasteiger partial charge in [-0.15, -0.1) is 11.8 Å². The molecule has 0 unspecified atom stereocenters. The highest BCUT2D eigenvalue weighted by Crippen LogP contribution is 2.33. The molecule has 0 aliphatic rings. The van der Waals surface area contributed by atoms with E-state index in [1.54, 1.807) is 24.5 Å². The van der Waals surface area contributed by atoms with Crippen molar-refractivity contribution in [3.8, 4) is 0 Å². The molecule has 3 N–H and O–H groups in total. The Morgan fingerprint density at radius 2 is 1.76 bits per heavy atom. The van der Waals surface area contributed by atoms with Crippen molar-refractivity contribution in [2.45, 2.75) is 35.2 Å². The first-order chi connectivity index (χ1) is 13.7. The van der Waals surface area contributed by atoms with Gasteiger partial charge in [0.15, 0.2) is 0 Å². The third-order valence-electron chi connectivity index (χ3n) is 4.23. The van der Waals surface area contributed by atoms with E-state index in [1.807, 2.05) is 32.0 Å². The van der Waals surface area contributed by atoms with Gasteiger partial charge in [0, 0.05) is 5.69 Å². The number of anilines is 2. The van der Waals surface area contributed by atoms with Gasteiger partial charge >= 0.3 is 0 Å². The standard InChI is InChI=1S/C20H22N4O3S2/c1-13-9-14(2)11-15(10-13)22-17(25)12-24-19(21)18(20(23-24)28-3)29(26,27)16-7-5-4-6-8-16/h4-11H,12,21H2,1-3H3,(H,22,25). The van der Waals surface area contributed by atoms with Crippen molar-refractivity contribution < 1.29 is 13.2 Å². The molecule has 1 aromatic heterocycles. The normalized spacial score (nSPS) is 11.4. The Morgan fingerprint density at radius 3 is 2.34 bits per heavy atom. The number of carbonyl (C=O) groups excluding carboxylic acids is 1. The summed E-state index contributed by atoms with van der Waals surface area (Å²) < 4.78 is 27.3. The second kappa shape index (κ2) is 8.30. The minimum absolute atomic E-state index is 0.0613. The van der Waals surface area contributed by atoms with Crippen molar-refractivity contribution in [3.05, 3.63) is 59.7 Å². The maximum Gasteiger partial charge on any atom is 0.246 e. The lowest BCUT2D eigenvalue weighted by Crippen LogP contribution is -2.21. The lowest BCUT2D eigenvalue weighted by molar-refractivity contribution is -0.116. The van der Waals surface area contributed by atoms with Gasteiger partial charge in [0.25, 0.3) is 0 Å². The third-order valence-corrected chi connectivity index (χ3v) is 6.87. The van der Waals surface area contributed by atoms with E-state index in [-0.39, 0.29) is 33.1 Å². The zero-order valence-electron chi connectivity index (χ0n) is 16.3. The highest BCUT2D eigenvalue weighted by Gasteiger charge is 2.29. The Kier molecular flexibility index (Phi) is 5.99. The highest BCUT2D eigenvalue weighted by molar-refractivity contribution is 7.99. The number of nitrogen functional groups attached to an aromatic ring is 1. The molecule has 0 saturated heterocycles. The van der Waals surface area contributed by atoms with Crippen LogP contribution in [0.15, 0.2) is 63.3 Å². The van der Waals surface area contributed by atoms with Crippen LogP contribution in [0.1, 0.15) is 11.1 Å². The third kappa shape index (κ3) is 4.46. The number of carbonyl (C=O) groups is 1. The van der Waals surface area contributed by atoms with Crippen molar-refractivity contribution in [1.82, 2.24) is 9.78 Å². The number of amides is 1. The van der Waals surface area contributed by atoms with Gasteiger partial charge in [-0.2, -0.15) is 5.10 Å². The number of benzene rings is 2. The van der Waals surface area contributed by atoms with Gasteiger partial charge in [-0.1, -0.05) is 24.3 Å². The Balaban J connectivity index is 1.91. The molecule has 152 valence electrons. The molecule has 0 atom stereocenters. The molecule has 1 amide bonds. The fourth-order valence-corrected chi connectivity index (χ4v) is 5.50. The van der Waals surface area contributed by atoms with Crippen LogP contribution in [-0.2, 0) is 21.2 Å². The molecule has 0 radical (unpaired) electrons. The summed E-state index contributed by atoms with van der Waals surface area (Å²) >= 11 is 1.16. The van der Waals surface area contributed by atoms with Gasteiger partial charge in [0.1, 0.15) is 22.3 Å². The first-order valence-corrected chi connectivity index (χ1v) is 11.5. The van der Waals surface area contributed by atoms with E-state index in [2.05, 4.69) is 10.4 Å². The number of nitrogens with two attached hydrogens (primary N) is 1. The fraction of sp³-hybridized carbons (Fsp3) is 0.200. The number of aryl methyl sites for hydroxylation is 2. The molecule has 7 nitrogen and oxygen atoms in total. The van der Waals surface area contributed by atoms with Crippen LogP contribution >= 0.6 is 11.8 Å². The number of hydrogen-bond donors (Lipinski definition) is 2. The Morgan fingerprint density at radius 1 is 1.14 bits per heavy atom. The lowest BCUT2D eigenvalue weighted by Gasteiger charge is -2.09. The summed E-state index contributed by atoms with van der Waals surface area (Å²) in [6.07, 6.45) is 1.71. The van der Waals surface area contributed by atoms with Crippen LogP contribution in [0.2, 0.25) is 0 Å². The predicted octanol–water partition coefficient (Wildman–Crippen LogP) is 3.28. The average molecular weight is 431 g/mol. The quantitative estimate of drug-likeness (QED) is 0.581. The fourth-order valence-electron chi connectivity index (χ4n) is 3.04. The van der Waals surface area contributed by atoms with Gasteiger partial charge < -0.3 is 11.1 Å². The minimum atomic E-state index is -3.86. The summed E-state index contributed by atoms with van der Waals surface area (Å²) in [5, 5.41) is 7.31. The molecule has 1 heterocycles.